The van der Waals surface area contributed by atoms with E-state index in [0.717, 1.165) is 12.1 Å². The highest BCUT2D eigenvalue weighted by atomic mass is 79.9. The van der Waals surface area contributed by atoms with Gasteiger partial charge in [0.25, 0.3) is 0 Å². The first kappa shape index (κ1) is 10.4. The number of aromatic hydroxyl groups is 1. The van der Waals surface area contributed by atoms with Gasteiger partial charge >= 0.3 is 0 Å². The number of phenolic OH excluding ortho intramolecular Hbond substituents is 1. The lowest BCUT2D eigenvalue weighted by molar-refractivity contribution is 0.462. The number of benzene rings is 1. The quantitative estimate of drug-likeness (QED) is 0.796. The van der Waals surface area contributed by atoms with Crippen molar-refractivity contribution in [2.24, 2.45) is 5.14 Å². The fourth-order valence-corrected chi connectivity index (χ4v) is 2.29. The lowest BCUT2D eigenvalue weighted by Gasteiger charge is -2.03. The van der Waals surface area contributed by atoms with Crippen molar-refractivity contribution in [1.29, 1.82) is 0 Å². The molecule has 0 saturated heterocycles. The van der Waals surface area contributed by atoms with Crippen LogP contribution in [0, 0.1) is 5.82 Å². The van der Waals surface area contributed by atoms with Gasteiger partial charge in [-0.05, 0) is 22.0 Å². The van der Waals surface area contributed by atoms with Crippen LogP contribution in [0.15, 0.2) is 21.5 Å². The highest BCUT2D eigenvalue weighted by Crippen LogP contribution is 2.30. The summed E-state index contributed by atoms with van der Waals surface area (Å²) in [4.78, 5) is -0.481. The molecule has 7 heteroatoms. The van der Waals surface area contributed by atoms with Gasteiger partial charge in [-0.15, -0.1) is 0 Å². The van der Waals surface area contributed by atoms with Crippen molar-refractivity contribution in [2.75, 3.05) is 0 Å². The van der Waals surface area contributed by atoms with Crippen molar-refractivity contribution in [2.45, 2.75) is 4.90 Å². The van der Waals surface area contributed by atoms with Crippen LogP contribution in [-0.2, 0) is 10.0 Å². The molecule has 0 aromatic heterocycles. The van der Waals surface area contributed by atoms with Gasteiger partial charge in [0.15, 0.2) is 0 Å². The van der Waals surface area contributed by atoms with E-state index in [2.05, 4.69) is 15.9 Å². The third-order valence-corrected chi connectivity index (χ3v) is 3.32. The first-order valence-corrected chi connectivity index (χ1v) is 5.37. The minimum absolute atomic E-state index is 0.142. The number of rotatable bonds is 1. The van der Waals surface area contributed by atoms with Crippen LogP contribution >= 0.6 is 15.9 Å². The standard InChI is InChI=1S/C6H5BrFNO3S/c7-6-4(10)1-3(8)2-5(6)13(9,11)12/h1-2,10H,(H2,9,11,12). The number of phenols is 1. The van der Waals surface area contributed by atoms with Crippen molar-refractivity contribution in [1.82, 2.24) is 0 Å². The van der Waals surface area contributed by atoms with E-state index in [0.29, 0.717) is 0 Å². The molecule has 13 heavy (non-hydrogen) atoms. The first-order chi connectivity index (χ1) is 5.82. The number of sulfonamides is 1. The fraction of sp³-hybridized carbons (Fsp3) is 0. The lowest BCUT2D eigenvalue weighted by atomic mass is 10.3. The summed E-state index contributed by atoms with van der Waals surface area (Å²) < 4.78 is 34.2. The van der Waals surface area contributed by atoms with Crippen molar-refractivity contribution in [3.05, 3.63) is 22.4 Å². The summed E-state index contributed by atoms with van der Waals surface area (Å²) >= 11 is 2.77. The van der Waals surface area contributed by atoms with Gasteiger partial charge in [-0.3, -0.25) is 0 Å². The van der Waals surface area contributed by atoms with Gasteiger partial charge in [-0.25, -0.2) is 17.9 Å². The maximum atomic E-state index is 12.6. The summed E-state index contributed by atoms with van der Waals surface area (Å²) in [5, 5.41) is 13.8. The third-order valence-electron chi connectivity index (χ3n) is 1.29. The second-order valence-electron chi connectivity index (χ2n) is 2.28. The summed E-state index contributed by atoms with van der Waals surface area (Å²) in [6, 6.07) is 1.50. The Bertz CT molecular complexity index is 445. The Hall–Kier alpha value is -0.660. The molecule has 0 spiro atoms. The maximum absolute atomic E-state index is 12.6. The van der Waals surface area contributed by atoms with Crippen LogP contribution in [0.3, 0.4) is 0 Å². The molecule has 0 unspecified atom stereocenters. The van der Waals surface area contributed by atoms with Gasteiger partial charge in [0, 0.05) is 6.07 Å². The average molecular weight is 270 g/mol. The zero-order valence-corrected chi connectivity index (χ0v) is 8.56. The highest BCUT2D eigenvalue weighted by Gasteiger charge is 2.16. The van der Waals surface area contributed by atoms with Gasteiger partial charge in [0.1, 0.15) is 16.5 Å². The Morgan fingerprint density at radius 3 is 2.46 bits per heavy atom. The zero-order chi connectivity index (χ0) is 10.2. The molecular formula is C6H5BrFNO3S. The molecular weight excluding hydrogens is 265 g/mol. The molecule has 72 valence electrons. The molecule has 1 aromatic rings. The number of primary sulfonamides is 1. The molecule has 1 rings (SSSR count). The van der Waals surface area contributed by atoms with Crippen molar-refractivity contribution in [3.63, 3.8) is 0 Å². The summed E-state index contributed by atoms with van der Waals surface area (Å²) in [5.74, 6) is -1.38. The summed E-state index contributed by atoms with van der Waals surface area (Å²) in [5.41, 5.74) is 0. The van der Waals surface area contributed by atoms with E-state index in [1.165, 1.54) is 0 Å². The molecule has 0 saturated carbocycles. The van der Waals surface area contributed by atoms with Gasteiger partial charge in [0.2, 0.25) is 10.0 Å². The number of hydrogen-bond donors (Lipinski definition) is 2. The Morgan fingerprint density at radius 2 is 2.00 bits per heavy atom. The topological polar surface area (TPSA) is 80.4 Å². The number of halogens is 2. The predicted molar refractivity (Wildman–Crippen MR) is 47.1 cm³/mol. The van der Waals surface area contributed by atoms with Crippen LogP contribution in [0.1, 0.15) is 0 Å². The Kier molecular flexibility index (Phi) is 2.60. The van der Waals surface area contributed by atoms with E-state index < -0.39 is 26.5 Å². The number of nitrogens with two attached hydrogens (primary N) is 1. The van der Waals surface area contributed by atoms with Crippen LogP contribution in [-0.4, -0.2) is 13.5 Å². The van der Waals surface area contributed by atoms with Gasteiger partial charge < -0.3 is 5.11 Å². The van der Waals surface area contributed by atoms with E-state index in [1.54, 1.807) is 0 Å². The van der Waals surface area contributed by atoms with E-state index in [4.69, 9.17) is 10.2 Å². The highest BCUT2D eigenvalue weighted by molar-refractivity contribution is 9.10. The third kappa shape index (κ3) is 2.17. The van der Waals surface area contributed by atoms with Crippen LogP contribution in [0.4, 0.5) is 4.39 Å². The fourth-order valence-electron chi connectivity index (χ4n) is 0.757. The average Bonchev–Trinajstić information content (AvgIpc) is 1.94. The molecule has 0 bridgehead atoms. The maximum Gasteiger partial charge on any atom is 0.239 e. The largest absolute Gasteiger partial charge is 0.507 e. The van der Waals surface area contributed by atoms with Crippen molar-refractivity contribution >= 4 is 26.0 Å². The molecule has 0 aliphatic rings. The second-order valence-corrected chi connectivity index (χ2v) is 4.60. The second kappa shape index (κ2) is 3.24. The monoisotopic (exact) mass is 269 g/mol. The number of hydrogen-bond acceptors (Lipinski definition) is 3. The molecule has 0 fully saturated rings. The van der Waals surface area contributed by atoms with Crippen molar-refractivity contribution < 1.29 is 17.9 Å². The zero-order valence-electron chi connectivity index (χ0n) is 6.16. The molecule has 0 aliphatic carbocycles. The van der Waals surface area contributed by atoms with E-state index >= 15 is 0 Å². The van der Waals surface area contributed by atoms with Crippen LogP contribution in [0.5, 0.6) is 5.75 Å². The Balaban J connectivity index is 3.56. The molecule has 1 aromatic carbocycles. The predicted octanol–water partition coefficient (Wildman–Crippen LogP) is 0.941. The SMILES string of the molecule is NS(=O)(=O)c1cc(F)cc(O)c1Br. The molecule has 0 radical (unpaired) electrons. The van der Waals surface area contributed by atoms with Crippen LogP contribution in [0.2, 0.25) is 0 Å². The van der Waals surface area contributed by atoms with E-state index in [1.807, 2.05) is 0 Å². The van der Waals surface area contributed by atoms with Crippen LogP contribution in [0.25, 0.3) is 0 Å². The van der Waals surface area contributed by atoms with Gasteiger partial charge in [0.05, 0.1) is 4.47 Å². The molecule has 3 N–H and O–H groups in total. The Labute approximate surface area is 82.4 Å². The normalized spacial score (nSPS) is 11.6. The van der Waals surface area contributed by atoms with E-state index in [-0.39, 0.29) is 4.47 Å². The molecule has 0 aliphatic heterocycles. The van der Waals surface area contributed by atoms with Gasteiger partial charge in [-0.1, -0.05) is 0 Å². The van der Waals surface area contributed by atoms with E-state index in [9.17, 15) is 12.8 Å². The van der Waals surface area contributed by atoms with Crippen molar-refractivity contribution in [3.8, 4) is 5.75 Å². The van der Waals surface area contributed by atoms with Crippen LogP contribution < -0.4 is 5.14 Å². The summed E-state index contributed by atoms with van der Waals surface area (Å²) in [6.45, 7) is 0. The van der Waals surface area contributed by atoms with Gasteiger partial charge in [-0.2, -0.15) is 0 Å². The summed E-state index contributed by atoms with van der Waals surface area (Å²) in [7, 11) is -4.03. The molecule has 0 heterocycles. The smallest absolute Gasteiger partial charge is 0.239 e. The lowest BCUT2D eigenvalue weighted by Crippen LogP contribution is -2.13. The minimum Gasteiger partial charge on any atom is -0.507 e. The molecule has 0 atom stereocenters. The first-order valence-electron chi connectivity index (χ1n) is 3.03. The molecule has 0 amide bonds. The Morgan fingerprint density at radius 1 is 1.46 bits per heavy atom. The molecule has 4 nitrogen and oxygen atoms in total. The minimum atomic E-state index is -4.03. The summed E-state index contributed by atoms with van der Waals surface area (Å²) in [6.07, 6.45) is 0.